The van der Waals surface area contributed by atoms with E-state index in [9.17, 15) is 40.3 Å². The summed E-state index contributed by atoms with van der Waals surface area (Å²) in [6.07, 6.45) is -6.40. The topological polar surface area (TPSA) is 61.8 Å². The van der Waals surface area contributed by atoms with Crippen molar-refractivity contribution in [2.24, 2.45) is 0 Å². The average molecular weight is 342 g/mol. The summed E-state index contributed by atoms with van der Waals surface area (Å²) in [5.41, 5.74) is 0. The van der Waals surface area contributed by atoms with Gasteiger partial charge in [-0.2, -0.15) is 30.7 Å². The summed E-state index contributed by atoms with van der Waals surface area (Å²) in [5, 5.41) is 0. The minimum absolute atomic E-state index is 0.146. The molecule has 0 amide bonds. The Morgan fingerprint density at radius 3 is 1.82 bits per heavy atom. The second-order valence-corrected chi connectivity index (χ2v) is 3.59. The summed E-state index contributed by atoms with van der Waals surface area (Å²) in [4.78, 5) is 21.9. The minimum atomic E-state index is -6.54. The molecule has 0 saturated heterocycles. The van der Waals surface area contributed by atoms with Crippen LogP contribution >= 0.6 is 0 Å². The first-order valence-corrected chi connectivity index (χ1v) is 5.13. The summed E-state index contributed by atoms with van der Waals surface area (Å²) < 4.78 is 98.6. The van der Waals surface area contributed by atoms with Gasteiger partial charge in [0.05, 0.1) is 20.3 Å². The summed E-state index contributed by atoms with van der Waals surface area (Å²) >= 11 is 0. The van der Waals surface area contributed by atoms with E-state index in [2.05, 4.69) is 14.2 Å². The van der Waals surface area contributed by atoms with Gasteiger partial charge >= 0.3 is 30.0 Å². The van der Waals surface area contributed by atoms with Crippen LogP contribution in [-0.4, -0.2) is 50.8 Å². The van der Waals surface area contributed by atoms with Gasteiger partial charge in [-0.05, 0) is 0 Å². The number of alkyl halides is 7. The fraction of sp³-hybridized carbons (Fsp3) is 0.600. The van der Waals surface area contributed by atoms with Crippen molar-refractivity contribution in [3.63, 3.8) is 0 Å². The SMILES string of the molecule is COC(=O)/C=C(/OCC(F)(F)C(F)(F)C(F)(F)F)C(=O)OC. The third-order valence-electron chi connectivity index (χ3n) is 2.06. The van der Waals surface area contributed by atoms with Crippen molar-refractivity contribution in [3.05, 3.63) is 11.8 Å². The second-order valence-electron chi connectivity index (χ2n) is 3.59. The predicted molar refractivity (Wildman–Crippen MR) is 54.0 cm³/mol. The van der Waals surface area contributed by atoms with Crippen LogP contribution in [0.15, 0.2) is 11.8 Å². The fourth-order valence-electron chi connectivity index (χ4n) is 0.892. The Morgan fingerprint density at radius 2 is 1.45 bits per heavy atom. The molecule has 5 nitrogen and oxygen atoms in total. The number of hydrogen-bond donors (Lipinski definition) is 0. The molecular weight excluding hydrogens is 333 g/mol. The van der Waals surface area contributed by atoms with Crippen LogP contribution in [-0.2, 0) is 23.8 Å². The lowest BCUT2D eigenvalue weighted by Crippen LogP contribution is -2.54. The lowest BCUT2D eigenvalue weighted by Gasteiger charge is -2.28. The maximum Gasteiger partial charge on any atom is 0.460 e. The highest BCUT2D eigenvalue weighted by Crippen LogP contribution is 2.46. The monoisotopic (exact) mass is 342 g/mol. The lowest BCUT2D eigenvalue weighted by molar-refractivity contribution is -0.360. The van der Waals surface area contributed by atoms with Crippen molar-refractivity contribution < 1.29 is 54.5 Å². The van der Waals surface area contributed by atoms with Gasteiger partial charge in [0.25, 0.3) is 0 Å². The third kappa shape index (κ3) is 4.49. The van der Waals surface area contributed by atoms with Crippen molar-refractivity contribution in [3.8, 4) is 0 Å². The Balaban J connectivity index is 5.25. The van der Waals surface area contributed by atoms with E-state index >= 15 is 0 Å². The molecule has 0 saturated carbocycles. The summed E-state index contributed by atoms with van der Waals surface area (Å²) in [5.74, 6) is -16.3. The highest BCUT2D eigenvalue weighted by molar-refractivity contribution is 5.94. The van der Waals surface area contributed by atoms with Crippen LogP contribution in [0.25, 0.3) is 0 Å². The van der Waals surface area contributed by atoms with Gasteiger partial charge in [-0.15, -0.1) is 0 Å². The van der Waals surface area contributed by atoms with Gasteiger partial charge in [-0.1, -0.05) is 0 Å². The van der Waals surface area contributed by atoms with Crippen LogP contribution < -0.4 is 0 Å². The Kier molecular flexibility index (Phi) is 6.21. The van der Waals surface area contributed by atoms with Crippen molar-refractivity contribution in [2.45, 2.75) is 18.0 Å². The number of hydrogen-bond acceptors (Lipinski definition) is 5. The molecule has 0 bridgehead atoms. The largest absolute Gasteiger partial charge is 0.480 e. The molecule has 0 N–H and O–H groups in total. The molecule has 0 aromatic heterocycles. The average Bonchev–Trinajstić information content (AvgIpc) is 2.40. The number of rotatable bonds is 6. The van der Waals surface area contributed by atoms with Crippen molar-refractivity contribution in [1.29, 1.82) is 0 Å². The molecular formula is C10H9F7O5. The molecule has 0 unspecified atom stereocenters. The maximum absolute atomic E-state index is 13.0. The van der Waals surface area contributed by atoms with Gasteiger partial charge in [0.1, 0.15) is 0 Å². The third-order valence-corrected chi connectivity index (χ3v) is 2.06. The molecule has 0 aliphatic carbocycles. The van der Waals surface area contributed by atoms with Crippen LogP contribution in [0.4, 0.5) is 30.7 Å². The summed E-state index contributed by atoms with van der Waals surface area (Å²) in [6.45, 7) is -2.53. The molecule has 0 heterocycles. The van der Waals surface area contributed by atoms with Gasteiger partial charge < -0.3 is 14.2 Å². The van der Waals surface area contributed by atoms with E-state index < -0.39 is 42.3 Å². The van der Waals surface area contributed by atoms with Crippen LogP contribution in [0.2, 0.25) is 0 Å². The molecule has 0 spiro atoms. The van der Waals surface area contributed by atoms with Crippen molar-refractivity contribution >= 4 is 11.9 Å². The molecule has 22 heavy (non-hydrogen) atoms. The fourth-order valence-corrected chi connectivity index (χ4v) is 0.892. The summed E-state index contributed by atoms with van der Waals surface area (Å²) in [7, 11) is 1.54. The molecule has 0 aliphatic heterocycles. The summed E-state index contributed by atoms with van der Waals surface area (Å²) in [6, 6.07) is 0. The Labute approximate surface area is 118 Å². The zero-order valence-electron chi connectivity index (χ0n) is 11.0. The molecule has 128 valence electrons. The van der Waals surface area contributed by atoms with Gasteiger partial charge in [0.2, 0.25) is 5.76 Å². The first-order chi connectivity index (χ1) is 9.80. The Hall–Kier alpha value is -2.01. The molecule has 0 aromatic rings. The number of methoxy groups -OCH3 is 2. The van der Waals surface area contributed by atoms with Crippen LogP contribution in [0, 0.1) is 0 Å². The van der Waals surface area contributed by atoms with E-state index in [1.807, 2.05) is 0 Å². The first kappa shape index (κ1) is 20.0. The molecule has 0 aliphatic rings. The number of carbonyl (C=O) groups excluding carboxylic acids is 2. The molecule has 0 aromatic carbocycles. The highest BCUT2D eigenvalue weighted by Gasteiger charge is 2.73. The number of esters is 2. The normalized spacial score (nSPS) is 13.6. The number of carbonyl (C=O) groups is 2. The first-order valence-electron chi connectivity index (χ1n) is 5.13. The van der Waals surface area contributed by atoms with Crippen LogP contribution in [0.3, 0.4) is 0 Å². The molecule has 0 radical (unpaired) electrons. The zero-order valence-corrected chi connectivity index (χ0v) is 11.0. The minimum Gasteiger partial charge on any atom is -0.480 e. The molecule has 0 fully saturated rings. The smallest absolute Gasteiger partial charge is 0.460 e. The number of ether oxygens (including phenoxy) is 3. The molecule has 12 heteroatoms. The van der Waals surface area contributed by atoms with Gasteiger partial charge in [-0.25, -0.2) is 9.59 Å². The maximum atomic E-state index is 13.0. The van der Waals surface area contributed by atoms with E-state index in [1.54, 1.807) is 0 Å². The number of halogens is 7. The van der Waals surface area contributed by atoms with Crippen molar-refractivity contribution in [1.82, 2.24) is 0 Å². The second kappa shape index (κ2) is 6.83. The van der Waals surface area contributed by atoms with Crippen LogP contribution in [0.5, 0.6) is 0 Å². The lowest BCUT2D eigenvalue weighted by atomic mass is 10.2. The molecule has 0 atom stereocenters. The van der Waals surface area contributed by atoms with E-state index in [1.165, 1.54) is 0 Å². The van der Waals surface area contributed by atoms with E-state index in [0.29, 0.717) is 0 Å². The van der Waals surface area contributed by atoms with E-state index in [4.69, 9.17) is 0 Å². The quantitative estimate of drug-likeness (QED) is 0.320. The zero-order chi connectivity index (χ0) is 17.8. The van der Waals surface area contributed by atoms with Gasteiger partial charge in [-0.3, -0.25) is 0 Å². The standard InChI is InChI=1S/C10H9F7O5/c1-20-6(18)3-5(7(19)21-2)22-4-8(11,12)9(13,14)10(15,16)17/h3H,4H2,1-2H3/b5-3+. The Bertz CT molecular complexity index is 455. The van der Waals surface area contributed by atoms with Gasteiger partial charge in [0.15, 0.2) is 6.61 Å². The van der Waals surface area contributed by atoms with Crippen molar-refractivity contribution in [2.75, 3.05) is 20.8 Å². The van der Waals surface area contributed by atoms with Gasteiger partial charge in [0, 0.05) is 0 Å². The highest BCUT2D eigenvalue weighted by atomic mass is 19.4. The Morgan fingerprint density at radius 1 is 0.955 bits per heavy atom. The van der Waals surface area contributed by atoms with E-state index in [-0.39, 0.29) is 6.08 Å². The molecule has 0 rings (SSSR count). The predicted octanol–water partition coefficient (Wildman–Crippen LogP) is 2.07. The van der Waals surface area contributed by atoms with Crippen LogP contribution in [0.1, 0.15) is 0 Å². The van der Waals surface area contributed by atoms with E-state index in [0.717, 1.165) is 14.2 Å².